The maximum atomic E-state index is 13.4. The van der Waals surface area contributed by atoms with Gasteiger partial charge in [-0.25, -0.2) is 14.2 Å². The molecule has 0 radical (unpaired) electrons. The molecule has 126 valence electrons. The van der Waals surface area contributed by atoms with Gasteiger partial charge in [0.2, 0.25) is 5.91 Å². The summed E-state index contributed by atoms with van der Waals surface area (Å²) in [7, 11) is 0. The Bertz CT molecular complexity index is 732. The van der Waals surface area contributed by atoms with Crippen molar-refractivity contribution in [2.45, 2.75) is 20.3 Å². The highest BCUT2D eigenvalue weighted by Gasteiger charge is 2.06. The maximum absolute atomic E-state index is 13.4. The van der Waals surface area contributed by atoms with Gasteiger partial charge in [-0.05, 0) is 43.2 Å². The molecule has 0 spiro atoms. The van der Waals surface area contributed by atoms with Gasteiger partial charge in [-0.1, -0.05) is 12.1 Å². The highest BCUT2D eigenvalue weighted by molar-refractivity contribution is 5.91. The summed E-state index contributed by atoms with van der Waals surface area (Å²) in [5.74, 6) is -0.184. The summed E-state index contributed by atoms with van der Waals surface area (Å²) >= 11 is 0. The quantitative estimate of drug-likeness (QED) is 0.788. The van der Waals surface area contributed by atoms with Gasteiger partial charge in [0.25, 0.3) is 0 Å². The largest absolute Gasteiger partial charge is 0.337 e. The molecular weight excluding hydrogens is 311 g/mol. The minimum absolute atomic E-state index is 0.102. The van der Waals surface area contributed by atoms with Gasteiger partial charge >= 0.3 is 6.03 Å². The van der Waals surface area contributed by atoms with Gasteiger partial charge < -0.3 is 16.0 Å². The molecule has 0 atom stereocenters. The van der Waals surface area contributed by atoms with Crippen molar-refractivity contribution in [3.8, 4) is 0 Å². The number of aromatic nitrogens is 1. The third-order valence-corrected chi connectivity index (χ3v) is 3.25. The van der Waals surface area contributed by atoms with Crippen LogP contribution in [0.4, 0.5) is 20.7 Å². The fourth-order valence-corrected chi connectivity index (χ4v) is 1.88. The average molecular weight is 330 g/mol. The fourth-order valence-electron chi connectivity index (χ4n) is 1.88. The SMILES string of the molecule is Cc1ccc(NC(=O)CCNC(=O)Nc2ccc(C)c(F)c2)nc1. The van der Waals surface area contributed by atoms with Gasteiger partial charge in [0.1, 0.15) is 11.6 Å². The molecule has 0 fully saturated rings. The highest BCUT2D eigenvalue weighted by atomic mass is 19.1. The van der Waals surface area contributed by atoms with E-state index in [1.807, 2.05) is 13.0 Å². The molecule has 6 nitrogen and oxygen atoms in total. The van der Waals surface area contributed by atoms with Crippen LogP contribution < -0.4 is 16.0 Å². The summed E-state index contributed by atoms with van der Waals surface area (Å²) < 4.78 is 13.4. The summed E-state index contributed by atoms with van der Waals surface area (Å²) in [6.07, 6.45) is 1.76. The summed E-state index contributed by atoms with van der Waals surface area (Å²) in [4.78, 5) is 27.5. The second-order valence-corrected chi connectivity index (χ2v) is 5.36. The van der Waals surface area contributed by atoms with Gasteiger partial charge in [-0.15, -0.1) is 0 Å². The zero-order valence-corrected chi connectivity index (χ0v) is 13.5. The maximum Gasteiger partial charge on any atom is 0.319 e. The van der Waals surface area contributed by atoms with Crippen LogP contribution in [-0.2, 0) is 4.79 Å². The lowest BCUT2D eigenvalue weighted by Crippen LogP contribution is -2.31. The number of rotatable bonds is 5. The summed E-state index contributed by atoms with van der Waals surface area (Å²) in [6, 6.07) is 7.47. The van der Waals surface area contributed by atoms with Crippen molar-refractivity contribution >= 4 is 23.4 Å². The number of halogens is 1. The summed E-state index contributed by atoms with van der Waals surface area (Å²) in [6.45, 7) is 3.69. The van der Waals surface area contributed by atoms with E-state index in [4.69, 9.17) is 0 Å². The van der Waals surface area contributed by atoms with Crippen LogP contribution in [0.1, 0.15) is 17.5 Å². The van der Waals surface area contributed by atoms with Gasteiger partial charge in [0.05, 0.1) is 0 Å². The zero-order chi connectivity index (χ0) is 17.5. The van der Waals surface area contributed by atoms with E-state index >= 15 is 0 Å². The van der Waals surface area contributed by atoms with E-state index < -0.39 is 11.8 Å². The van der Waals surface area contributed by atoms with E-state index in [9.17, 15) is 14.0 Å². The Hall–Kier alpha value is -2.96. The monoisotopic (exact) mass is 330 g/mol. The van der Waals surface area contributed by atoms with Crippen molar-refractivity contribution in [2.24, 2.45) is 0 Å². The number of hydrogen-bond acceptors (Lipinski definition) is 3. The molecule has 3 amide bonds. The molecular formula is C17H19FN4O2. The lowest BCUT2D eigenvalue weighted by Gasteiger charge is -2.08. The molecule has 1 aromatic heterocycles. The van der Waals surface area contributed by atoms with Crippen molar-refractivity contribution < 1.29 is 14.0 Å². The molecule has 1 heterocycles. The lowest BCUT2D eigenvalue weighted by atomic mass is 10.2. The molecule has 0 aliphatic heterocycles. The first-order valence-corrected chi connectivity index (χ1v) is 7.47. The minimum Gasteiger partial charge on any atom is -0.337 e. The first-order chi connectivity index (χ1) is 11.4. The third-order valence-electron chi connectivity index (χ3n) is 3.25. The van der Waals surface area contributed by atoms with Gasteiger partial charge in [-0.2, -0.15) is 0 Å². The van der Waals surface area contributed by atoms with E-state index in [1.54, 1.807) is 31.3 Å². The van der Waals surface area contributed by atoms with Crippen molar-refractivity contribution in [1.82, 2.24) is 10.3 Å². The summed E-state index contributed by atoms with van der Waals surface area (Å²) in [5.41, 5.74) is 1.85. The number of aryl methyl sites for hydroxylation is 2. The highest BCUT2D eigenvalue weighted by Crippen LogP contribution is 2.13. The fraction of sp³-hybridized carbons (Fsp3) is 0.235. The van der Waals surface area contributed by atoms with Crippen LogP contribution in [0.5, 0.6) is 0 Å². The van der Waals surface area contributed by atoms with Crippen LogP contribution in [0, 0.1) is 19.7 Å². The molecule has 0 unspecified atom stereocenters. The number of urea groups is 1. The molecule has 2 rings (SSSR count). The van der Waals surface area contributed by atoms with Gasteiger partial charge in [0.15, 0.2) is 0 Å². The van der Waals surface area contributed by atoms with Crippen LogP contribution in [-0.4, -0.2) is 23.5 Å². The molecule has 0 saturated heterocycles. The van der Waals surface area contributed by atoms with Crippen LogP contribution in [0.25, 0.3) is 0 Å². The Kier molecular flexibility index (Phi) is 5.83. The molecule has 2 aromatic rings. The van der Waals surface area contributed by atoms with E-state index in [2.05, 4.69) is 20.9 Å². The number of nitrogens with one attached hydrogen (secondary N) is 3. The number of benzene rings is 1. The average Bonchev–Trinajstić information content (AvgIpc) is 2.53. The van der Waals surface area contributed by atoms with Crippen molar-refractivity contribution in [1.29, 1.82) is 0 Å². The first kappa shape index (κ1) is 17.4. The topological polar surface area (TPSA) is 83.1 Å². The van der Waals surface area contributed by atoms with E-state index in [-0.39, 0.29) is 18.9 Å². The van der Waals surface area contributed by atoms with Crippen LogP contribution >= 0.6 is 0 Å². The van der Waals surface area contributed by atoms with E-state index in [0.717, 1.165) is 5.56 Å². The van der Waals surface area contributed by atoms with Gasteiger partial charge in [0, 0.05) is 24.8 Å². The zero-order valence-electron chi connectivity index (χ0n) is 13.5. The second-order valence-electron chi connectivity index (χ2n) is 5.36. The van der Waals surface area contributed by atoms with Gasteiger partial charge in [-0.3, -0.25) is 4.79 Å². The number of anilines is 2. The van der Waals surface area contributed by atoms with Crippen LogP contribution in [0.2, 0.25) is 0 Å². The lowest BCUT2D eigenvalue weighted by molar-refractivity contribution is -0.116. The van der Waals surface area contributed by atoms with Crippen LogP contribution in [0.3, 0.4) is 0 Å². The molecule has 0 bridgehead atoms. The number of pyridine rings is 1. The van der Waals surface area contributed by atoms with E-state index in [1.165, 1.54) is 6.07 Å². The molecule has 1 aromatic carbocycles. The minimum atomic E-state index is -0.500. The Morgan fingerprint density at radius 1 is 1.12 bits per heavy atom. The first-order valence-electron chi connectivity index (χ1n) is 7.47. The summed E-state index contributed by atoms with van der Waals surface area (Å²) in [5, 5.41) is 7.68. The molecule has 3 N–H and O–H groups in total. The van der Waals surface area contributed by atoms with Crippen LogP contribution in [0.15, 0.2) is 36.5 Å². The second kappa shape index (κ2) is 8.05. The Morgan fingerprint density at radius 2 is 1.92 bits per heavy atom. The number of amides is 3. The third kappa shape index (κ3) is 5.35. The molecule has 0 aliphatic rings. The van der Waals surface area contributed by atoms with Crippen molar-refractivity contribution in [2.75, 3.05) is 17.2 Å². The molecule has 24 heavy (non-hydrogen) atoms. The van der Waals surface area contributed by atoms with Crippen molar-refractivity contribution in [3.63, 3.8) is 0 Å². The smallest absolute Gasteiger partial charge is 0.319 e. The normalized spacial score (nSPS) is 10.1. The Morgan fingerprint density at radius 3 is 2.58 bits per heavy atom. The Labute approximate surface area is 139 Å². The number of hydrogen-bond donors (Lipinski definition) is 3. The predicted octanol–water partition coefficient (Wildman–Crippen LogP) is 2.99. The molecule has 0 saturated carbocycles. The Balaban J connectivity index is 1.72. The molecule has 0 aliphatic carbocycles. The van der Waals surface area contributed by atoms with E-state index in [0.29, 0.717) is 17.1 Å². The predicted molar refractivity (Wildman–Crippen MR) is 90.4 cm³/mol. The number of carbonyl (C=O) groups excluding carboxylic acids is 2. The van der Waals surface area contributed by atoms with Crippen molar-refractivity contribution in [3.05, 3.63) is 53.5 Å². The molecule has 7 heteroatoms. The number of nitrogens with zero attached hydrogens (tertiary/aromatic N) is 1. The number of carbonyl (C=O) groups is 2. The standard InChI is InChI=1S/C17H19FN4O2/c1-11-3-6-15(20-10-11)22-16(23)7-8-19-17(24)21-13-5-4-12(2)14(18)9-13/h3-6,9-10H,7-8H2,1-2H3,(H2,19,21,24)(H,20,22,23).